The van der Waals surface area contributed by atoms with Gasteiger partial charge in [0.25, 0.3) is 0 Å². The van der Waals surface area contributed by atoms with E-state index in [1.165, 1.54) is 18.3 Å². The minimum atomic E-state index is -0.602. The first-order valence-corrected chi connectivity index (χ1v) is 9.32. The quantitative estimate of drug-likeness (QED) is 0.223. The lowest BCUT2D eigenvalue weighted by atomic mass is 10.2. The standard InChI is InChI=1S/C19H22ClFN6O2/c1-26(8-3-9-29-2)11-16-24-17-13(6-7-23-19(17)25-16)18(22)27(28)12-4-5-15(21)14(20)10-12/h4-7,10,22,28H,3,8-9,11H2,1-2H3,(H,23,24,25). The first-order chi connectivity index (χ1) is 13.9. The average molecular weight is 421 g/mol. The summed E-state index contributed by atoms with van der Waals surface area (Å²) < 4.78 is 18.4. The molecule has 3 N–H and O–H groups in total. The minimum Gasteiger partial charge on any atom is -0.385 e. The number of halogens is 2. The highest BCUT2D eigenvalue weighted by molar-refractivity contribution is 6.31. The highest BCUT2D eigenvalue weighted by atomic mass is 35.5. The number of aromatic amines is 1. The van der Waals surface area contributed by atoms with Gasteiger partial charge in [0.15, 0.2) is 11.5 Å². The number of hydroxylamine groups is 1. The van der Waals surface area contributed by atoms with Gasteiger partial charge in [0.2, 0.25) is 0 Å². The van der Waals surface area contributed by atoms with E-state index in [1.54, 1.807) is 13.2 Å². The largest absolute Gasteiger partial charge is 0.385 e. The lowest BCUT2D eigenvalue weighted by molar-refractivity contribution is 0.177. The van der Waals surface area contributed by atoms with E-state index in [2.05, 4.69) is 19.9 Å². The number of imidazole rings is 1. The highest BCUT2D eigenvalue weighted by Crippen LogP contribution is 2.24. The molecule has 2 aromatic heterocycles. The number of anilines is 1. The van der Waals surface area contributed by atoms with Gasteiger partial charge in [0.05, 0.1) is 22.8 Å². The summed E-state index contributed by atoms with van der Waals surface area (Å²) in [6.45, 7) is 2.10. The van der Waals surface area contributed by atoms with E-state index in [1.807, 2.05) is 7.05 Å². The third-order valence-electron chi connectivity index (χ3n) is 4.36. The third kappa shape index (κ3) is 4.88. The summed E-state index contributed by atoms with van der Waals surface area (Å²) in [5, 5.41) is 19.3. The molecular formula is C19H22ClFN6O2. The van der Waals surface area contributed by atoms with Crippen molar-refractivity contribution in [3.05, 3.63) is 52.7 Å². The smallest absolute Gasteiger partial charge is 0.178 e. The fourth-order valence-electron chi connectivity index (χ4n) is 2.90. The molecule has 3 rings (SSSR count). The van der Waals surface area contributed by atoms with Crippen molar-refractivity contribution < 1.29 is 14.3 Å². The number of benzene rings is 1. The Kier molecular flexibility index (Phi) is 6.75. The molecule has 0 radical (unpaired) electrons. The van der Waals surface area contributed by atoms with Gasteiger partial charge < -0.3 is 9.72 Å². The van der Waals surface area contributed by atoms with Crippen molar-refractivity contribution in [2.24, 2.45) is 0 Å². The van der Waals surface area contributed by atoms with Crippen molar-refractivity contribution in [1.29, 1.82) is 5.41 Å². The van der Waals surface area contributed by atoms with E-state index in [9.17, 15) is 9.60 Å². The van der Waals surface area contributed by atoms with E-state index in [4.69, 9.17) is 21.7 Å². The number of nitrogens with zero attached hydrogens (tertiary/aromatic N) is 4. The number of ether oxygens (including phenoxy) is 1. The molecule has 29 heavy (non-hydrogen) atoms. The van der Waals surface area contributed by atoms with Crippen LogP contribution in [-0.4, -0.2) is 58.2 Å². The highest BCUT2D eigenvalue weighted by Gasteiger charge is 2.18. The number of rotatable bonds is 8. The molecule has 3 aromatic rings. The number of fused-ring (bicyclic) bond motifs is 1. The summed E-state index contributed by atoms with van der Waals surface area (Å²) in [6, 6.07) is 5.31. The number of hydrogen-bond donors (Lipinski definition) is 3. The molecule has 10 heteroatoms. The molecule has 0 aliphatic rings. The van der Waals surface area contributed by atoms with E-state index in [-0.39, 0.29) is 16.5 Å². The van der Waals surface area contributed by atoms with E-state index >= 15 is 0 Å². The summed E-state index contributed by atoms with van der Waals surface area (Å²) in [7, 11) is 3.65. The zero-order chi connectivity index (χ0) is 21.0. The molecule has 0 aliphatic heterocycles. The summed E-state index contributed by atoms with van der Waals surface area (Å²) in [4.78, 5) is 14.0. The minimum absolute atomic E-state index is 0.144. The fourth-order valence-corrected chi connectivity index (χ4v) is 3.08. The van der Waals surface area contributed by atoms with Gasteiger partial charge in [0, 0.05) is 32.0 Å². The zero-order valence-corrected chi connectivity index (χ0v) is 16.9. The average Bonchev–Trinajstić information content (AvgIpc) is 3.11. The second kappa shape index (κ2) is 9.27. The van der Waals surface area contributed by atoms with E-state index in [0.29, 0.717) is 40.8 Å². The monoisotopic (exact) mass is 420 g/mol. The SMILES string of the molecule is COCCCN(C)Cc1nc2nccc(C(=N)N(O)c3ccc(F)c(Cl)c3)c2[nH]1. The molecule has 1 aromatic carbocycles. The summed E-state index contributed by atoms with van der Waals surface area (Å²) in [5.41, 5.74) is 1.55. The Hall–Kier alpha value is -2.59. The second-order valence-electron chi connectivity index (χ2n) is 6.58. The van der Waals surface area contributed by atoms with Crippen LogP contribution in [0.2, 0.25) is 5.02 Å². The first-order valence-electron chi connectivity index (χ1n) is 8.94. The van der Waals surface area contributed by atoms with Crippen LogP contribution in [0.25, 0.3) is 11.2 Å². The molecule has 8 nitrogen and oxygen atoms in total. The van der Waals surface area contributed by atoms with Crippen LogP contribution in [0.1, 0.15) is 17.8 Å². The van der Waals surface area contributed by atoms with Gasteiger partial charge in [-0.15, -0.1) is 0 Å². The summed E-state index contributed by atoms with van der Waals surface area (Å²) in [6.07, 6.45) is 2.42. The van der Waals surface area contributed by atoms with Crippen molar-refractivity contribution in [1.82, 2.24) is 19.9 Å². The topological polar surface area (TPSA) is 101 Å². The predicted octanol–water partition coefficient (Wildman–Crippen LogP) is 3.44. The van der Waals surface area contributed by atoms with Crippen molar-refractivity contribution in [3.63, 3.8) is 0 Å². The normalized spacial score (nSPS) is 11.4. The molecule has 0 unspecified atom stereocenters. The van der Waals surface area contributed by atoms with Crippen LogP contribution in [0.4, 0.5) is 10.1 Å². The Balaban J connectivity index is 1.82. The maximum absolute atomic E-state index is 13.4. The zero-order valence-electron chi connectivity index (χ0n) is 16.1. The van der Waals surface area contributed by atoms with Crippen LogP contribution < -0.4 is 5.06 Å². The lowest BCUT2D eigenvalue weighted by Gasteiger charge is -2.18. The maximum atomic E-state index is 13.4. The molecular weight excluding hydrogens is 399 g/mol. The number of methoxy groups -OCH3 is 1. The molecule has 154 valence electrons. The number of amidine groups is 1. The Labute approximate surface area is 172 Å². The molecule has 0 bridgehead atoms. The number of pyridine rings is 1. The van der Waals surface area contributed by atoms with Crippen molar-refractivity contribution in [2.45, 2.75) is 13.0 Å². The Morgan fingerprint density at radius 2 is 2.17 bits per heavy atom. The van der Waals surface area contributed by atoms with Gasteiger partial charge in [-0.25, -0.2) is 19.4 Å². The molecule has 0 atom stereocenters. The fraction of sp³-hybridized carbons (Fsp3) is 0.316. The Morgan fingerprint density at radius 3 is 2.90 bits per heavy atom. The van der Waals surface area contributed by atoms with Crippen LogP contribution in [0.3, 0.4) is 0 Å². The van der Waals surface area contributed by atoms with Crippen LogP contribution in [0.15, 0.2) is 30.5 Å². The number of nitrogens with one attached hydrogen (secondary N) is 2. The molecule has 0 saturated heterocycles. The number of aromatic nitrogens is 3. The number of hydrogen-bond acceptors (Lipinski definition) is 6. The van der Waals surface area contributed by atoms with Gasteiger partial charge in [-0.3, -0.25) is 15.5 Å². The molecule has 2 heterocycles. The van der Waals surface area contributed by atoms with E-state index in [0.717, 1.165) is 19.0 Å². The van der Waals surface area contributed by atoms with Gasteiger partial charge in [-0.05, 0) is 37.7 Å². The van der Waals surface area contributed by atoms with Crippen LogP contribution >= 0.6 is 11.6 Å². The van der Waals surface area contributed by atoms with Crippen molar-refractivity contribution >= 4 is 34.3 Å². The van der Waals surface area contributed by atoms with Crippen molar-refractivity contribution in [3.8, 4) is 0 Å². The van der Waals surface area contributed by atoms with Gasteiger partial charge >= 0.3 is 0 Å². The first kappa shape index (κ1) is 21.1. The maximum Gasteiger partial charge on any atom is 0.178 e. The Morgan fingerprint density at radius 1 is 1.38 bits per heavy atom. The van der Waals surface area contributed by atoms with Crippen LogP contribution in [0, 0.1) is 11.2 Å². The van der Waals surface area contributed by atoms with Gasteiger partial charge in [-0.1, -0.05) is 11.6 Å². The van der Waals surface area contributed by atoms with Crippen LogP contribution in [-0.2, 0) is 11.3 Å². The molecule has 0 aliphatic carbocycles. The van der Waals surface area contributed by atoms with Crippen LogP contribution in [0.5, 0.6) is 0 Å². The van der Waals surface area contributed by atoms with Crippen molar-refractivity contribution in [2.75, 3.05) is 32.4 Å². The third-order valence-corrected chi connectivity index (χ3v) is 4.65. The van der Waals surface area contributed by atoms with Gasteiger partial charge in [-0.2, -0.15) is 0 Å². The predicted molar refractivity (Wildman–Crippen MR) is 109 cm³/mol. The number of H-pyrrole nitrogens is 1. The van der Waals surface area contributed by atoms with Gasteiger partial charge in [0.1, 0.15) is 11.6 Å². The summed E-state index contributed by atoms with van der Waals surface area (Å²) in [5.74, 6) is -0.125. The summed E-state index contributed by atoms with van der Waals surface area (Å²) >= 11 is 5.78. The second-order valence-corrected chi connectivity index (χ2v) is 6.99. The molecule has 0 fully saturated rings. The molecule has 0 amide bonds. The molecule has 0 saturated carbocycles. The molecule has 0 spiro atoms. The van der Waals surface area contributed by atoms with E-state index < -0.39 is 5.82 Å². The lowest BCUT2D eigenvalue weighted by Crippen LogP contribution is -2.27. The Bertz CT molecular complexity index is 1010.